The predicted molar refractivity (Wildman–Crippen MR) is 58.0 cm³/mol. The highest BCUT2D eigenvalue weighted by molar-refractivity contribution is 5.85. The third-order valence-corrected chi connectivity index (χ3v) is 3.47. The van der Waals surface area contributed by atoms with E-state index in [1.54, 1.807) is 4.90 Å². The van der Waals surface area contributed by atoms with Crippen molar-refractivity contribution in [3.05, 3.63) is 0 Å². The summed E-state index contributed by atoms with van der Waals surface area (Å²) in [6.07, 6.45) is 3.29. The molecule has 0 aromatic carbocycles. The van der Waals surface area contributed by atoms with E-state index in [1.807, 2.05) is 0 Å². The van der Waals surface area contributed by atoms with Crippen LogP contribution in [-0.4, -0.2) is 47.6 Å². The number of rotatable bonds is 2. The quantitative estimate of drug-likeness (QED) is 0.698. The molecular formula is C11H18N2O3. The van der Waals surface area contributed by atoms with Crippen molar-refractivity contribution in [2.24, 2.45) is 5.92 Å². The molecule has 2 saturated heterocycles. The molecule has 0 unspecified atom stereocenters. The highest BCUT2D eigenvalue weighted by Crippen LogP contribution is 2.22. The first kappa shape index (κ1) is 11.4. The second-order valence-corrected chi connectivity index (χ2v) is 4.57. The SMILES string of the molecule is O=C(O)[C@@H]1CCCN1C(=O)[C@H]1CCCNC1. The van der Waals surface area contributed by atoms with Gasteiger partial charge in [-0.3, -0.25) is 4.79 Å². The number of hydrogen-bond donors (Lipinski definition) is 2. The molecule has 2 aliphatic rings. The summed E-state index contributed by atoms with van der Waals surface area (Å²) in [4.78, 5) is 24.7. The van der Waals surface area contributed by atoms with Crippen LogP contribution in [0.3, 0.4) is 0 Å². The number of likely N-dealkylation sites (tertiary alicyclic amines) is 1. The molecule has 16 heavy (non-hydrogen) atoms. The van der Waals surface area contributed by atoms with E-state index in [0.29, 0.717) is 19.5 Å². The first-order valence-electron chi connectivity index (χ1n) is 5.94. The number of carboxylic acid groups (broad SMARTS) is 1. The van der Waals surface area contributed by atoms with E-state index in [4.69, 9.17) is 5.11 Å². The minimum atomic E-state index is -0.866. The molecule has 0 bridgehead atoms. The average molecular weight is 226 g/mol. The molecule has 0 radical (unpaired) electrons. The van der Waals surface area contributed by atoms with Crippen LogP contribution in [0.4, 0.5) is 0 Å². The zero-order chi connectivity index (χ0) is 11.5. The first-order chi connectivity index (χ1) is 7.70. The van der Waals surface area contributed by atoms with Crippen molar-refractivity contribution >= 4 is 11.9 Å². The fourth-order valence-corrected chi connectivity index (χ4v) is 2.58. The predicted octanol–water partition coefficient (Wildman–Crippen LogP) is 0.0616. The van der Waals surface area contributed by atoms with Crippen LogP contribution < -0.4 is 5.32 Å². The lowest BCUT2D eigenvalue weighted by Crippen LogP contribution is -2.47. The summed E-state index contributed by atoms with van der Waals surface area (Å²) in [6, 6.07) is -0.588. The highest BCUT2D eigenvalue weighted by atomic mass is 16.4. The minimum absolute atomic E-state index is 0.0197. The van der Waals surface area contributed by atoms with Gasteiger partial charge in [0.05, 0.1) is 5.92 Å². The number of carbonyl (C=O) groups is 2. The van der Waals surface area contributed by atoms with E-state index in [9.17, 15) is 9.59 Å². The number of nitrogens with zero attached hydrogens (tertiary/aromatic N) is 1. The third kappa shape index (κ3) is 2.19. The van der Waals surface area contributed by atoms with Gasteiger partial charge >= 0.3 is 5.97 Å². The van der Waals surface area contributed by atoms with Crippen LogP contribution in [0.5, 0.6) is 0 Å². The Morgan fingerprint density at radius 2 is 2.06 bits per heavy atom. The smallest absolute Gasteiger partial charge is 0.326 e. The van der Waals surface area contributed by atoms with Gasteiger partial charge in [0, 0.05) is 13.1 Å². The second kappa shape index (κ2) is 4.82. The molecule has 0 aromatic heterocycles. The Morgan fingerprint density at radius 1 is 1.25 bits per heavy atom. The van der Waals surface area contributed by atoms with Gasteiger partial charge in [-0.1, -0.05) is 0 Å². The lowest BCUT2D eigenvalue weighted by atomic mass is 9.98. The lowest BCUT2D eigenvalue weighted by molar-refractivity contribution is -0.150. The molecule has 5 heteroatoms. The van der Waals surface area contributed by atoms with Crippen molar-refractivity contribution in [1.29, 1.82) is 0 Å². The summed E-state index contributed by atoms with van der Waals surface area (Å²) in [5.74, 6) is -0.861. The molecule has 0 spiro atoms. The van der Waals surface area contributed by atoms with E-state index < -0.39 is 12.0 Å². The van der Waals surface area contributed by atoms with Gasteiger partial charge in [-0.15, -0.1) is 0 Å². The molecule has 2 N–H and O–H groups in total. The van der Waals surface area contributed by atoms with Gasteiger partial charge in [-0.25, -0.2) is 4.79 Å². The van der Waals surface area contributed by atoms with Gasteiger partial charge in [0.2, 0.25) is 5.91 Å². The topological polar surface area (TPSA) is 69.6 Å². The Bertz CT molecular complexity index is 287. The van der Waals surface area contributed by atoms with E-state index in [1.165, 1.54) is 0 Å². The van der Waals surface area contributed by atoms with Crippen molar-refractivity contribution in [3.63, 3.8) is 0 Å². The van der Waals surface area contributed by atoms with E-state index >= 15 is 0 Å². The number of carbonyl (C=O) groups excluding carboxylic acids is 1. The number of nitrogens with one attached hydrogen (secondary N) is 1. The zero-order valence-corrected chi connectivity index (χ0v) is 9.32. The summed E-state index contributed by atoms with van der Waals surface area (Å²) >= 11 is 0. The maximum Gasteiger partial charge on any atom is 0.326 e. The molecule has 1 amide bonds. The van der Waals surface area contributed by atoms with Crippen LogP contribution in [0.2, 0.25) is 0 Å². The lowest BCUT2D eigenvalue weighted by Gasteiger charge is -2.29. The third-order valence-electron chi connectivity index (χ3n) is 3.47. The van der Waals surface area contributed by atoms with Gasteiger partial charge in [0.15, 0.2) is 0 Å². The second-order valence-electron chi connectivity index (χ2n) is 4.57. The summed E-state index contributed by atoms with van der Waals surface area (Å²) in [5, 5.41) is 12.2. The maximum atomic E-state index is 12.1. The Labute approximate surface area is 94.8 Å². The van der Waals surface area contributed by atoms with E-state index in [2.05, 4.69) is 5.32 Å². The van der Waals surface area contributed by atoms with Crippen LogP contribution >= 0.6 is 0 Å². The molecule has 5 nitrogen and oxygen atoms in total. The van der Waals surface area contributed by atoms with Crippen molar-refractivity contribution in [2.45, 2.75) is 31.7 Å². The molecule has 90 valence electrons. The van der Waals surface area contributed by atoms with Crippen LogP contribution in [-0.2, 0) is 9.59 Å². The molecular weight excluding hydrogens is 208 g/mol. The molecule has 2 atom stereocenters. The number of piperidine rings is 1. The molecule has 0 aliphatic carbocycles. The molecule has 2 fully saturated rings. The Balaban J connectivity index is 1.99. The zero-order valence-electron chi connectivity index (χ0n) is 9.32. The van der Waals surface area contributed by atoms with Crippen molar-refractivity contribution < 1.29 is 14.7 Å². The van der Waals surface area contributed by atoms with Crippen LogP contribution in [0.25, 0.3) is 0 Å². The van der Waals surface area contributed by atoms with Gasteiger partial charge in [-0.05, 0) is 32.2 Å². The van der Waals surface area contributed by atoms with Crippen LogP contribution in [0, 0.1) is 5.92 Å². The number of hydrogen-bond acceptors (Lipinski definition) is 3. The Hall–Kier alpha value is -1.10. The summed E-state index contributed by atoms with van der Waals surface area (Å²) in [6.45, 7) is 2.26. The van der Waals surface area contributed by atoms with Gasteiger partial charge in [-0.2, -0.15) is 0 Å². The highest BCUT2D eigenvalue weighted by Gasteiger charge is 2.37. The van der Waals surface area contributed by atoms with Gasteiger partial charge in [0.1, 0.15) is 6.04 Å². The molecule has 2 rings (SSSR count). The summed E-state index contributed by atoms with van der Waals surface area (Å²) in [5.41, 5.74) is 0. The van der Waals surface area contributed by atoms with Gasteiger partial charge in [0.25, 0.3) is 0 Å². The minimum Gasteiger partial charge on any atom is -0.480 e. The fourth-order valence-electron chi connectivity index (χ4n) is 2.58. The van der Waals surface area contributed by atoms with Gasteiger partial charge < -0.3 is 15.3 Å². The van der Waals surface area contributed by atoms with Crippen molar-refractivity contribution in [1.82, 2.24) is 10.2 Å². The average Bonchev–Trinajstić information content (AvgIpc) is 2.78. The largest absolute Gasteiger partial charge is 0.480 e. The molecule has 2 aliphatic heterocycles. The van der Waals surface area contributed by atoms with E-state index in [0.717, 1.165) is 25.8 Å². The first-order valence-corrected chi connectivity index (χ1v) is 5.94. The van der Waals surface area contributed by atoms with Crippen molar-refractivity contribution in [3.8, 4) is 0 Å². The molecule has 0 aromatic rings. The standard InChI is InChI=1S/C11H18N2O3/c14-10(8-3-1-5-12-7-8)13-6-2-4-9(13)11(15)16/h8-9,12H,1-7H2,(H,15,16)/t8-,9-/m0/s1. The molecule has 0 saturated carbocycles. The fraction of sp³-hybridized carbons (Fsp3) is 0.818. The number of amides is 1. The Morgan fingerprint density at radius 3 is 2.69 bits per heavy atom. The monoisotopic (exact) mass is 226 g/mol. The summed E-state index contributed by atoms with van der Waals surface area (Å²) < 4.78 is 0. The van der Waals surface area contributed by atoms with Crippen LogP contribution in [0.1, 0.15) is 25.7 Å². The van der Waals surface area contributed by atoms with E-state index in [-0.39, 0.29) is 11.8 Å². The molecule has 2 heterocycles. The van der Waals surface area contributed by atoms with Crippen LogP contribution in [0.15, 0.2) is 0 Å². The number of carboxylic acids is 1. The van der Waals surface area contributed by atoms with Crippen molar-refractivity contribution in [2.75, 3.05) is 19.6 Å². The maximum absolute atomic E-state index is 12.1. The number of aliphatic carboxylic acids is 1. The Kier molecular flexibility index (Phi) is 3.43. The summed E-state index contributed by atoms with van der Waals surface area (Å²) in [7, 11) is 0. The normalized spacial score (nSPS) is 30.4.